The number of hydrogen-bond acceptors (Lipinski definition) is 8. The summed E-state index contributed by atoms with van der Waals surface area (Å²) in [7, 11) is -4.60. The van der Waals surface area contributed by atoms with Crippen LogP contribution in [0.25, 0.3) is 0 Å². The average molecular weight is 462 g/mol. The van der Waals surface area contributed by atoms with Crippen molar-refractivity contribution >= 4 is 44.6 Å². The Morgan fingerprint density at radius 1 is 1.45 bits per heavy atom. The smallest absolute Gasteiger partial charge is 0.265 e. The van der Waals surface area contributed by atoms with E-state index in [0.29, 0.717) is 11.3 Å². The number of fused-ring (bicyclic) bond motifs is 1. The first kappa shape index (κ1) is 12.9. The number of Topliss-reactive ketones (excluding diaryl/α,β-unsaturated/α-hetero) is 1. The van der Waals surface area contributed by atoms with Gasteiger partial charge in [0.25, 0.3) is 15.9 Å². The standard InChI is InChI=1S/C18H15ClN2O6S2/c1-9-5-13-14(26-8-25-13)7-11(9)6-12(22)17-15(3-4-28-17)29(23,24)21-18-16(19)10(2)20-27-18/h3-5,7,21H,6,8H2,1-2H3/i2D3,6D2,8D2. The molecule has 8 nitrogen and oxygen atoms in total. The molecule has 0 fully saturated rings. The van der Waals surface area contributed by atoms with Crippen molar-refractivity contribution < 1.29 is 36.8 Å². The Labute approximate surface area is 185 Å². The molecule has 1 aliphatic rings. The number of ketones is 1. The summed E-state index contributed by atoms with van der Waals surface area (Å²) in [5.41, 5.74) is -0.613. The predicted octanol–water partition coefficient (Wildman–Crippen LogP) is 3.96. The minimum absolute atomic E-state index is 0.0217. The Kier molecular flexibility index (Phi) is 3.27. The number of aryl methyl sites for hydroxylation is 2. The lowest BCUT2D eigenvalue weighted by Crippen LogP contribution is -2.16. The highest BCUT2D eigenvalue weighted by molar-refractivity contribution is 7.93. The molecule has 0 atom stereocenters. The number of nitrogens with one attached hydrogen (secondary N) is 1. The van der Waals surface area contributed by atoms with E-state index in [9.17, 15) is 13.2 Å². The van der Waals surface area contributed by atoms with Crippen molar-refractivity contribution in [2.45, 2.75) is 25.0 Å². The highest BCUT2D eigenvalue weighted by Crippen LogP contribution is 2.36. The summed E-state index contributed by atoms with van der Waals surface area (Å²) in [5.74, 6) is -1.98. The van der Waals surface area contributed by atoms with E-state index in [4.69, 9.17) is 35.2 Å². The minimum Gasteiger partial charge on any atom is -0.454 e. The molecular formula is C18H15ClN2O6S2. The molecule has 0 radical (unpaired) electrons. The number of benzene rings is 1. The van der Waals surface area contributed by atoms with Crippen LogP contribution >= 0.6 is 22.9 Å². The topological polar surface area (TPSA) is 108 Å². The molecule has 3 aromatic rings. The highest BCUT2D eigenvalue weighted by atomic mass is 35.5. The van der Waals surface area contributed by atoms with E-state index < -0.39 is 62.1 Å². The summed E-state index contributed by atoms with van der Waals surface area (Å²) in [6.45, 7) is -3.77. The fourth-order valence-corrected chi connectivity index (χ4v) is 4.93. The van der Waals surface area contributed by atoms with Gasteiger partial charge in [-0.25, -0.2) is 13.1 Å². The zero-order valence-electron chi connectivity index (χ0n) is 21.4. The van der Waals surface area contributed by atoms with Crippen molar-refractivity contribution in [3.8, 4) is 11.5 Å². The van der Waals surface area contributed by atoms with Crippen LogP contribution in [0.15, 0.2) is 33.0 Å². The molecular weight excluding hydrogens is 440 g/mol. The molecule has 0 bridgehead atoms. The van der Waals surface area contributed by atoms with Gasteiger partial charge in [-0.2, -0.15) is 0 Å². The number of halogens is 1. The van der Waals surface area contributed by atoms with E-state index in [1.807, 2.05) is 4.72 Å². The maximum absolute atomic E-state index is 13.3. The molecule has 0 aliphatic carbocycles. The molecule has 152 valence electrons. The lowest BCUT2D eigenvalue weighted by molar-refractivity contribution is 0.0994. The summed E-state index contributed by atoms with van der Waals surface area (Å²) < 4.78 is 96.8. The number of anilines is 1. The predicted molar refractivity (Wildman–Crippen MR) is 107 cm³/mol. The van der Waals surface area contributed by atoms with Crippen LogP contribution in [0.3, 0.4) is 0 Å². The van der Waals surface area contributed by atoms with E-state index in [2.05, 4.69) is 5.16 Å². The monoisotopic (exact) mass is 461 g/mol. The Morgan fingerprint density at radius 2 is 2.21 bits per heavy atom. The van der Waals surface area contributed by atoms with Crippen molar-refractivity contribution in [3.63, 3.8) is 0 Å². The normalized spacial score (nSPS) is 19.2. The maximum Gasteiger partial charge on any atom is 0.265 e. The van der Waals surface area contributed by atoms with Crippen molar-refractivity contribution in [3.05, 3.63) is 50.3 Å². The molecule has 2 aromatic heterocycles. The zero-order chi connectivity index (χ0) is 26.8. The van der Waals surface area contributed by atoms with E-state index in [-0.39, 0.29) is 22.6 Å². The number of rotatable bonds is 6. The minimum atomic E-state index is -4.60. The second-order valence-corrected chi connectivity index (χ2v) is 8.69. The largest absolute Gasteiger partial charge is 0.454 e. The molecule has 0 unspecified atom stereocenters. The molecule has 4 rings (SSSR count). The van der Waals surface area contributed by atoms with E-state index >= 15 is 0 Å². The van der Waals surface area contributed by atoms with Crippen molar-refractivity contribution in [2.24, 2.45) is 0 Å². The molecule has 3 heterocycles. The summed E-state index contributed by atoms with van der Waals surface area (Å²) in [4.78, 5) is 12.2. The van der Waals surface area contributed by atoms with Crippen LogP contribution in [0, 0.1) is 13.8 Å². The third-order valence-corrected chi connectivity index (χ3v) is 6.60. The zero-order valence-corrected chi connectivity index (χ0v) is 16.8. The van der Waals surface area contributed by atoms with Crippen LogP contribution in [0.5, 0.6) is 11.5 Å². The SMILES string of the molecule is [2H]C1([2H])Oc2cc(C)c(C([2H])([2H])C(=O)c3sccc3S(=O)(=O)Nc3onc(C([2H])([2H])[2H])c3Cl)cc2O1. The first-order valence-electron chi connectivity index (χ1n) is 11.3. The van der Waals surface area contributed by atoms with Gasteiger partial charge >= 0.3 is 0 Å². The van der Waals surface area contributed by atoms with Gasteiger partial charge in [0.1, 0.15) is 18.4 Å². The first-order valence-corrected chi connectivity index (χ1v) is 10.5. The number of carbonyl (C=O) groups is 1. The Hall–Kier alpha value is -2.56. The Morgan fingerprint density at radius 3 is 2.93 bits per heavy atom. The molecule has 1 aliphatic heterocycles. The summed E-state index contributed by atoms with van der Waals surface area (Å²) in [5, 5.41) is 3.94. The van der Waals surface area contributed by atoms with Crippen molar-refractivity contribution in [1.82, 2.24) is 5.16 Å². The quantitative estimate of drug-likeness (QED) is 0.553. The van der Waals surface area contributed by atoms with Gasteiger partial charge in [0.15, 0.2) is 17.3 Å². The van der Waals surface area contributed by atoms with E-state index in [0.717, 1.165) is 12.1 Å². The molecule has 1 aromatic carbocycles. The third kappa shape index (κ3) is 3.70. The number of ether oxygens (including phenoxy) is 2. The molecule has 0 saturated heterocycles. The maximum atomic E-state index is 13.3. The van der Waals surface area contributed by atoms with Crippen LogP contribution in [0.4, 0.5) is 5.88 Å². The van der Waals surface area contributed by atoms with Gasteiger partial charge in [-0.3, -0.25) is 4.79 Å². The van der Waals surface area contributed by atoms with Gasteiger partial charge < -0.3 is 14.0 Å². The summed E-state index contributed by atoms with van der Waals surface area (Å²) in [6, 6.07) is 3.49. The molecule has 11 heteroatoms. The van der Waals surface area contributed by atoms with Gasteiger partial charge in [0, 0.05) is 13.2 Å². The second-order valence-electron chi connectivity index (χ2n) is 5.75. The second kappa shape index (κ2) is 7.36. The van der Waals surface area contributed by atoms with Crippen LogP contribution in [-0.2, 0) is 16.4 Å². The number of thiophene rings is 1. The van der Waals surface area contributed by atoms with Crippen LogP contribution in [0.2, 0.25) is 5.02 Å². The van der Waals surface area contributed by atoms with Crippen LogP contribution in [-0.4, -0.2) is 26.1 Å². The number of sulfonamides is 1. The summed E-state index contributed by atoms with van der Waals surface area (Å²) >= 11 is 6.57. The number of carbonyl (C=O) groups excluding carboxylic acids is 1. The first-order chi connectivity index (χ1) is 16.4. The van der Waals surface area contributed by atoms with Crippen LogP contribution in [0.1, 0.15) is 36.1 Å². The highest BCUT2D eigenvalue weighted by Gasteiger charge is 2.27. The van der Waals surface area contributed by atoms with Gasteiger partial charge in [-0.1, -0.05) is 16.8 Å². The number of hydrogen-bond donors (Lipinski definition) is 1. The number of aromatic nitrogens is 1. The summed E-state index contributed by atoms with van der Waals surface area (Å²) in [6.07, 6.45) is -2.76. The third-order valence-electron chi connectivity index (χ3n) is 3.83. The lowest BCUT2D eigenvalue weighted by Gasteiger charge is -2.09. The number of nitrogens with zero attached hydrogens (tertiary/aromatic N) is 1. The van der Waals surface area contributed by atoms with Gasteiger partial charge in [-0.05, 0) is 48.5 Å². The van der Waals surface area contributed by atoms with E-state index in [1.165, 1.54) is 18.4 Å². The van der Waals surface area contributed by atoms with Crippen LogP contribution < -0.4 is 14.2 Å². The Bertz CT molecular complexity index is 1480. The fourth-order valence-electron chi connectivity index (χ4n) is 2.44. The van der Waals surface area contributed by atoms with Gasteiger partial charge in [-0.15, -0.1) is 11.3 Å². The molecule has 0 spiro atoms. The average Bonchev–Trinajstić information content (AvgIpc) is 3.42. The van der Waals surface area contributed by atoms with Crippen molar-refractivity contribution in [1.29, 1.82) is 0 Å². The van der Waals surface area contributed by atoms with E-state index in [1.54, 1.807) is 0 Å². The molecule has 0 amide bonds. The van der Waals surface area contributed by atoms with Crippen molar-refractivity contribution in [2.75, 3.05) is 11.5 Å². The lowest BCUT2D eigenvalue weighted by atomic mass is 10.0. The molecule has 29 heavy (non-hydrogen) atoms. The fraction of sp³-hybridized carbons (Fsp3) is 0.222. The molecule has 1 N–H and O–H groups in total. The molecule has 0 saturated carbocycles. The van der Waals surface area contributed by atoms with Gasteiger partial charge in [0.05, 0.1) is 4.88 Å². The van der Waals surface area contributed by atoms with Gasteiger partial charge in [0.2, 0.25) is 6.75 Å². The Balaban J connectivity index is 1.68.